The molecule has 1 saturated carbocycles. The zero-order chi connectivity index (χ0) is 21.3. The van der Waals surface area contributed by atoms with E-state index in [0.717, 1.165) is 69.5 Å². The molecule has 1 saturated heterocycles. The van der Waals surface area contributed by atoms with Crippen LogP contribution in [0.5, 0.6) is 0 Å². The normalized spacial score (nSPS) is 22.2. The second-order valence-corrected chi connectivity index (χ2v) is 9.09. The highest BCUT2D eigenvalue weighted by atomic mass is 16.2. The molecular weight excluding hydrogens is 374 g/mol. The molecule has 0 unspecified atom stereocenters. The average Bonchev–Trinajstić information content (AvgIpc) is 2.91. The minimum atomic E-state index is -0.0771. The summed E-state index contributed by atoms with van der Waals surface area (Å²) < 4.78 is 0. The Bertz CT molecular complexity index is 844. The predicted octanol–water partition coefficient (Wildman–Crippen LogP) is 3.74. The van der Waals surface area contributed by atoms with E-state index in [4.69, 9.17) is 0 Å². The highest BCUT2D eigenvalue weighted by Crippen LogP contribution is 2.37. The average molecular weight is 410 g/mol. The maximum Gasteiger partial charge on any atom is 0.278 e. The van der Waals surface area contributed by atoms with E-state index in [0.29, 0.717) is 11.3 Å². The molecule has 0 atom stereocenters. The zero-order valence-electron chi connectivity index (χ0n) is 18.7. The molecule has 0 radical (unpaired) electrons. The molecule has 30 heavy (non-hydrogen) atoms. The number of rotatable bonds is 4. The fourth-order valence-corrected chi connectivity index (χ4v) is 5.30. The van der Waals surface area contributed by atoms with E-state index < -0.39 is 0 Å². The number of piperazine rings is 1. The third-order valence-electron chi connectivity index (χ3n) is 7.07. The van der Waals surface area contributed by atoms with E-state index in [2.05, 4.69) is 29.7 Å². The molecule has 5 heteroatoms. The first-order valence-electron chi connectivity index (χ1n) is 11.7. The van der Waals surface area contributed by atoms with Gasteiger partial charge in [0.15, 0.2) is 0 Å². The Morgan fingerprint density at radius 1 is 0.900 bits per heavy atom. The lowest BCUT2D eigenvalue weighted by Gasteiger charge is -2.36. The van der Waals surface area contributed by atoms with Crippen molar-refractivity contribution < 1.29 is 9.59 Å². The highest BCUT2D eigenvalue weighted by molar-refractivity contribution is 6.36. The quantitative estimate of drug-likeness (QED) is 0.561. The largest absolute Gasteiger partial charge is 0.364 e. The van der Waals surface area contributed by atoms with Gasteiger partial charge >= 0.3 is 0 Å². The van der Waals surface area contributed by atoms with Crippen molar-refractivity contribution in [3.05, 3.63) is 40.6 Å². The van der Waals surface area contributed by atoms with Gasteiger partial charge in [0.2, 0.25) is 0 Å². The SMILES string of the molecule is CCN1CCN(C2=C(c3ccc(C)cc3C)C(=O)N(C3CCCCCC3)C2=O)CC1. The Morgan fingerprint density at radius 3 is 2.17 bits per heavy atom. The Morgan fingerprint density at radius 2 is 1.57 bits per heavy atom. The van der Waals surface area contributed by atoms with Crippen LogP contribution in [0.15, 0.2) is 23.9 Å². The van der Waals surface area contributed by atoms with Crippen LogP contribution in [0, 0.1) is 13.8 Å². The number of hydrogen-bond acceptors (Lipinski definition) is 4. The first kappa shape index (κ1) is 21.1. The van der Waals surface area contributed by atoms with E-state index in [-0.39, 0.29) is 17.9 Å². The molecular formula is C25H35N3O2. The summed E-state index contributed by atoms with van der Waals surface area (Å²) in [6.45, 7) is 10.8. The lowest BCUT2D eigenvalue weighted by Crippen LogP contribution is -2.48. The van der Waals surface area contributed by atoms with Crippen molar-refractivity contribution in [3.8, 4) is 0 Å². The van der Waals surface area contributed by atoms with Crippen LogP contribution in [-0.4, -0.2) is 65.3 Å². The molecule has 0 spiro atoms. The number of hydrogen-bond donors (Lipinski definition) is 0. The summed E-state index contributed by atoms with van der Waals surface area (Å²) in [7, 11) is 0. The fourth-order valence-electron chi connectivity index (χ4n) is 5.30. The number of likely N-dealkylation sites (N-methyl/N-ethyl adjacent to an activating group) is 1. The van der Waals surface area contributed by atoms with E-state index in [9.17, 15) is 9.59 Å². The van der Waals surface area contributed by atoms with Crippen molar-refractivity contribution in [2.24, 2.45) is 0 Å². The number of carbonyl (C=O) groups is 2. The number of imide groups is 1. The molecule has 0 bridgehead atoms. The van der Waals surface area contributed by atoms with Crippen molar-refractivity contribution >= 4 is 17.4 Å². The third-order valence-corrected chi connectivity index (χ3v) is 7.07. The summed E-state index contributed by atoms with van der Waals surface area (Å²) in [5.74, 6) is -0.140. The maximum absolute atomic E-state index is 13.7. The molecule has 0 N–H and O–H groups in total. The van der Waals surface area contributed by atoms with Gasteiger partial charge in [-0.2, -0.15) is 0 Å². The van der Waals surface area contributed by atoms with Crippen LogP contribution in [0.1, 0.15) is 62.1 Å². The van der Waals surface area contributed by atoms with Gasteiger partial charge in [0.05, 0.1) is 5.57 Å². The van der Waals surface area contributed by atoms with Gasteiger partial charge in [0.25, 0.3) is 11.8 Å². The van der Waals surface area contributed by atoms with Crippen molar-refractivity contribution in [1.82, 2.24) is 14.7 Å². The van der Waals surface area contributed by atoms with Crippen molar-refractivity contribution in [1.29, 1.82) is 0 Å². The summed E-state index contributed by atoms with van der Waals surface area (Å²) in [5, 5.41) is 0. The molecule has 2 fully saturated rings. The molecule has 0 aromatic heterocycles. The van der Waals surface area contributed by atoms with Gasteiger partial charge in [-0.15, -0.1) is 0 Å². The van der Waals surface area contributed by atoms with Gasteiger partial charge in [-0.05, 0) is 44.4 Å². The summed E-state index contributed by atoms with van der Waals surface area (Å²) in [6.07, 6.45) is 6.49. The van der Waals surface area contributed by atoms with Crippen LogP contribution in [0.4, 0.5) is 0 Å². The minimum absolute atomic E-state index is 0.0442. The molecule has 2 aliphatic heterocycles. The van der Waals surface area contributed by atoms with E-state index in [1.165, 1.54) is 18.4 Å². The lowest BCUT2D eigenvalue weighted by atomic mass is 9.97. The molecule has 1 aliphatic carbocycles. The minimum Gasteiger partial charge on any atom is -0.364 e. The summed E-state index contributed by atoms with van der Waals surface area (Å²) >= 11 is 0. The van der Waals surface area contributed by atoms with Gasteiger partial charge in [0.1, 0.15) is 5.70 Å². The first-order chi connectivity index (χ1) is 14.5. The molecule has 2 heterocycles. The first-order valence-corrected chi connectivity index (χ1v) is 11.7. The Kier molecular flexibility index (Phi) is 6.28. The zero-order valence-corrected chi connectivity index (χ0v) is 18.7. The van der Waals surface area contributed by atoms with Gasteiger partial charge in [-0.25, -0.2) is 0 Å². The molecule has 4 rings (SSSR count). The van der Waals surface area contributed by atoms with Crippen molar-refractivity contribution in [2.45, 2.75) is 65.3 Å². The van der Waals surface area contributed by atoms with Crippen LogP contribution in [0.2, 0.25) is 0 Å². The standard InChI is InChI=1S/C25H35N3O2/c1-4-26-13-15-27(16-14-26)23-22(21-12-11-18(2)17-19(21)3)24(29)28(25(23)30)20-9-7-5-6-8-10-20/h11-12,17,20H,4-10,13-16H2,1-3H3. The third kappa shape index (κ3) is 3.92. The Labute approximate surface area is 180 Å². The summed E-state index contributed by atoms with van der Waals surface area (Å²) in [4.78, 5) is 33.7. The summed E-state index contributed by atoms with van der Waals surface area (Å²) in [5.41, 5.74) is 4.44. The number of benzene rings is 1. The van der Waals surface area contributed by atoms with Gasteiger partial charge in [-0.1, -0.05) is 56.4 Å². The van der Waals surface area contributed by atoms with Gasteiger partial charge < -0.3 is 9.80 Å². The molecule has 1 aromatic carbocycles. The van der Waals surface area contributed by atoms with E-state index >= 15 is 0 Å². The molecule has 3 aliphatic rings. The number of aryl methyl sites for hydroxylation is 2. The van der Waals surface area contributed by atoms with Crippen molar-refractivity contribution in [3.63, 3.8) is 0 Å². The Balaban J connectivity index is 1.74. The van der Waals surface area contributed by atoms with Crippen LogP contribution >= 0.6 is 0 Å². The van der Waals surface area contributed by atoms with Crippen LogP contribution in [0.25, 0.3) is 5.57 Å². The molecule has 162 valence electrons. The lowest BCUT2D eigenvalue weighted by molar-refractivity contribution is -0.140. The van der Waals surface area contributed by atoms with Crippen LogP contribution in [0.3, 0.4) is 0 Å². The van der Waals surface area contributed by atoms with Gasteiger partial charge in [0, 0.05) is 32.2 Å². The van der Waals surface area contributed by atoms with Crippen LogP contribution < -0.4 is 0 Å². The summed E-state index contributed by atoms with van der Waals surface area (Å²) in [6, 6.07) is 6.24. The fraction of sp³-hybridized carbons (Fsp3) is 0.600. The molecule has 2 amide bonds. The number of nitrogens with zero attached hydrogens (tertiary/aromatic N) is 3. The predicted molar refractivity (Wildman–Crippen MR) is 120 cm³/mol. The monoisotopic (exact) mass is 409 g/mol. The van der Waals surface area contributed by atoms with Crippen molar-refractivity contribution in [2.75, 3.05) is 32.7 Å². The smallest absolute Gasteiger partial charge is 0.278 e. The second-order valence-electron chi connectivity index (χ2n) is 9.09. The highest BCUT2D eigenvalue weighted by Gasteiger charge is 2.45. The second kappa shape index (κ2) is 8.93. The van der Waals surface area contributed by atoms with E-state index in [1.54, 1.807) is 4.90 Å². The van der Waals surface area contributed by atoms with Gasteiger partial charge in [-0.3, -0.25) is 14.5 Å². The number of amides is 2. The topological polar surface area (TPSA) is 43.9 Å². The Hall–Kier alpha value is -2.14. The molecule has 1 aromatic rings. The maximum atomic E-state index is 13.7. The van der Waals surface area contributed by atoms with Crippen LogP contribution in [-0.2, 0) is 9.59 Å². The number of carbonyl (C=O) groups excluding carboxylic acids is 2. The molecule has 5 nitrogen and oxygen atoms in total. The van der Waals surface area contributed by atoms with E-state index in [1.807, 2.05) is 19.1 Å².